The Labute approximate surface area is 125 Å². The van der Waals surface area contributed by atoms with E-state index in [9.17, 15) is 0 Å². The Kier molecular flexibility index (Phi) is 4.77. The molecule has 1 aliphatic heterocycles. The van der Waals surface area contributed by atoms with Gasteiger partial charge in [-0.25, -0.2) is 0 Å². The number of anilines is 1. The van der Waals surface area contributed by atoms with E-state index in [0.717, 1.165) is 25.4 Å². The van der Waals surface area contributed by atoms with Crippen LogP contribution in [0.3, 0.4) is 0 Å². The Hall–Kier alpha value is -2.11. The smallest absolute Gasteiger partial charge is 0.233 e. The predicted molar refractivity (Wildman–Crippen MR) is 84.1 cm³/mol. The van der Waals surface area contributed by atoms with Crippen LogP contribution in [0.2, 0.25) is 0 Å². The van der Waals surface area contributed by atoms with Crippen molar-refractivity contribution >= 4 is 11.6 Å². The molecule has 1 fully saturated rings. The summed E-state index contributed by atoms with van der Waals surface area (Å²) in [6, 6.07) is 6.37. The van der Waals surface area contributed by atoms with Crippen molar-refractivity contribution < 1.29 is 9.94 Å². The highest BCUT2D eigenvalue weighted by Gasteiger charge is 2.26. The molecule has 0 bridgehead atoms. The number of hydrogen-bond acceptors (Lipinski definition) is 4. The lowest BCUT2D eigenvalue weighted by molar-refractivity contribution is 0.260. The summed E-state index contributed by atoms with van der Waals surface area (Å²) in [5.41, 5.74) is 8.11. The summed E-state index contributed by atoms with van der Waals surface area (Å²) in [6.07, 6.45) is 0. The summed E-state index contributed by atoms with van der Waals surface area (Å²) < 4.78 is 5.53. The average molecular weight is 292 g/mol. The molecule has 116 valence electrons. The van der Waals surface area contributed by atoms with Gasteiger partial charge in [-0.1, -0.05) is 5.16 Å². The van der Waals surface area contributed by atoms with Crippen LogP contribution < -0.4 is 15.4 Å². The minimum absolute atomic E-state index is 0.186. The van der Waals surface area contributed by atoms with Crippen molar-refractivity contribution in [3.05, 3.63) is 23.8 Å². The lowest BCUT2D eigenvalue weighted by Crippen LogP contribution is -2.56. The van der Waals surface area contributed by atoms with Gasteiger partial charge in [0.2, 0.25) is 5.96 Å². The predicted octanol–water partition coefficient (Wildman–Crippen LogP) is 1.61. The zero-order chi connectivity index (χ0) is 15.4. The molecular weight excluding hydrogens is 268 g/mol. The second-order valence-electron chi connectivity index (χ2n) is 5.33. The molecule has 1 aliphatic rings. The maximum atomic E-state index is 8.81. The van der Waals surface area contributed by atoms with Gasteiger partial charge in [0.1, 0.15) is 5.75 Å². The molecule has 0 aliphatic carbocycles. The molecule has 0 aromatic heterocycles. The van der Waals surface area contributed by atoms with Crippen molar-refractivity contribution in [2.24, 2.45) is 10.9 Å². The van der Waals surface area contributed by atoms with E-state index in [4.69, 9.17) is 15.7 Å². The van der Waals surface area contributed by atoms with Crippen LogP contribution in [0.4, 0.5) is 5.69 Å². The Bertz CT molecular complexity index is 518. The molecule has 0 saturated carbocycles. The summed E-state index contributed by atoms with van der Waals surface area (Å²) >= 11 is 0. The first-order valence-electron chi connectivity index (χ1n) is 7.29. The number of nitrogens with zero attached hydrogens (tertiary/aromatic N) is 3. The third-order valence-corrected chi connectivity index (χ3v) is 3.84. The highest BCUT2D eigenvalue weighted by atomic mass is 16.5. The van der Waals surface area contributed by atoms with Gasteiger partial charge in [0, 0.05) is 31.4 Å². The van der Waals surface area contributed by atoms with Crippen LogP contribution in [-0.4, -0.2) is 48.3 Å². The van der Waals surface area contributed by atoms with E-state index in [1.807, 2.05) is 17.9 Å². The monoisotopic (exact) mass is 292 g/mol. The average Bonchev–Trinajstić information content (AvgIpc) is 2.47. The van der Waals surface area contributed by atoms with Gasteiger partial charge in [-0.05, 0) is 44.5 Å². The van der Waals surface area contributed by atoms with Crippen LogP contribution in [0.5, 0.6) is 5.75 Å². The second-order valence-corrected chi connectivity index (χ2v) is 5.33. The van der Waals surface area contributed by atoms with E-state index >= 15 is 0 Å². The molecule has 1 heterocycles. The van der Waals surface area contributed by atoms with E-state index in [1.165, 1.54) is 11.3 Å². The first-order chi connectivity index (χ1) is 10.1. The molecule has 6 heteroatoms. The van der Waals surface area contributed by atoms with E-state index in [0.29, 0.717) is 6.61 Å². The van der Waals surface area contributed by atoms with E-state index < -0.39 is 0 Å². The van der Waals surface area contributed by atoms with Crippen molar-refractivity contribution in [3.63, 3.8) is 0 Å². The molecule has 0 radical (unpaired) electrons. The van der Waals surface area contributed by atoms with Crippen molar-refractivity contribution in [2.45, 2.75) is 26.8 Å². The topological polar surface area (TPSA) is 74.3 Å². The molecule has 0 amide bonds. The summed E-state index contributed by atoms with van der Waals surface area (Å²) in [5, 5.41) is 11.9. The summed E-state index contributed by atoms with van der Waals surface area (Å²) in [7, 11) is 0. The van der Waals surface area contributed by atoms with Gasteiger partial charge in [0.05, 0.1) is 6.61 Å². The molecule has 0 unspecified atom stereocenters. The molecule has 6 nitrogen and oxygen atoms in total. The van der Waals surface area contributed by atoms with Crippen LogP contribution in [0.15, 0.2) is 23.4 Å². The quantitative estimate of drug-likeness (QED) is 0.383. The maximum Gasteiger partial charge on any atom is 0.233 e. The zero-order valence-corrected chi connectivity index (χ0v) is 12.9. The first-order valence-corrected chi connectivity index (χ1v) is 7.29. The Balaban J connectivity index is 2.11. The van der Waals surface area contributed by atoms with E-state index in [-0.39, 0.29) is 12.0 Å². The molecule has 2 rings (SSSR count). The fraction of sp³-hybridized carbons (Fsp3) is 0.533. The van der Waals surface area contributed by atoms with Crippen LogP contribution in [-0.2, 0) is 0 Å². The van der Waals surface area contributed by atoms with Crippen molar-refractivity contribution in [3.8, 4) is 5.75 Å². The van der Waals surface area contributed by atoms with Crippen LogP contribution >= 0.6 is 0 Å². The van der Waals surface area contributed by atoms with Crippen molar-refractivity contribution in [1.82, 2.24) is 4.90 Å². The van der Waals surface area contributed by atoms with Crippen LogP contribution in [0.1, 0.15) is 19.4 Å². The Morgan fingerprint density at radius 3 is 2.81 bits per heavy atom. The molecule has 3 N–H and O–H groups in total. The van der Waals surface area contributed by atoms with Gasteiger partial charge in [0.15, 0.2) is 0 Å². The van der Waals surface area contributed by atoms with Crippen LogP contribution in [0.25, 0.3) is 0 Å². The Morgan fingerprint density at radius 2 is 2.24 bits per heavy atom. The van der Waals surface area contributed by atoms with Gasteiger partial charge in [0.25, 0.3) is 0 Å². The SMILES string of the molecule is CCOc1ccc(N2CCN(/C(N)=N/O)[C@@H](C)C2)c(C)c1. The number of guanidine groups is 1. The van der Waals surface area contributed by atoms with Crippen molar-refractivity contribution in [1.29, 1.82) is 0 Å². The zero-order valence-electron chi connectivity index (χ0n) is 12.9. The first kappa shape index (κ1) is 15.3. The summed E-state index contributed by atoms with van der Waals surface area (Å²) in [5.74, 6) is 1.09. The third kappa shape index (κ3) is 3.32. The lowest BCUT2D eigenvalue weighted by Gasteiger charge is -2.41. The number of piperazine rings is 1. The summed E-state index contributed by atoms with van der Waals surface area (Å²) in [6.45, 7) is 9.25. The highest BCUT2D eigenvalue weighted by Crippen LogP contribution is 2.26. The molecule has 1 atom stereocenters. The van der Waals surface area contributed by atoms with Gasteiger partial charge in [-0.15, -0.1) is 0 Å². The van der Waals surface area contributed by atoms with Crippen LogP contribution in [0, 0.1) is 6.92 Å². The van der Waals surface area contributed by atoms with E-state index in [2.05, 4.69) is 36.0 Å². The molecule has 1 saturated heterocycles. The van der Waals surface area contributed by atoms with Crippen molar-refractivity contribution in [2.75, 3.05) is 31.1 Å². The number of aryl methyl sites for hydroxylation is 1. The normalized spacial score (nSPS) is 19.8. The maximum absolute atomic E-state index is 8.81. The number of ether oxygens (including phenoxy) is 1. The van der Waals surface area contributed by atoms with Gasteiger partial charge >= 0.3 is 0 Å². The Morgan fingerprint density at radius 1 is 1.48 bits per heavy atom. The molecule has 21 heavy (non-hydrogen) atoms. The van der Waals surface area contributed by atoms with Gasteiger partial charge < -0.3 is 25.5 Å². The number of rotatable bonds is 3. The second kappa shape index (κ2) is 6.56. The van der Waals surface area contributed by atoms with Gasteiger partial charge in [-0.2, -0.15) is 0 Å². The minimum Gasteiger partial charge on any atom is -0.494 e. The summed E-state index contributed by atoms with van der Waals surface area (Å²) in [4.78, 5) is 4.25. The fourth-order valence-corrected chi connectivity index (χ4v) is 2.81. The number of benzene rings is 1. The van der Waals surface area contributed by atoms with E-state index in [1.54, 1.807) is 0 Å². The molecule has 0 spiro atoms. The molecule has 1 aromatic rings. The highest BCUT2D eigenvalue weighted by molar-refractivity contribution is 5.78. The standard InChI is InChI=1S/C15H24N4O2/c1-4-21-13-5-6-14(11(2)9-13)18-7-8-19(12(3)10-18)15(16)17-20/h5-6,9,12,20H,4,7-8,10H2,1-3H3,(H2,16,17)/t12-/m0/s1. The van der Waals surface area contributed by atoms with Gasteiger partial charge in [-0.3, -0.25) is 0 Å². The third-order valence-electron chi connectivity index (χ3n) is 3.84. The number of hydrogen-bond donors (Lipinski definition) is 2. The minimum atomic E-state index is 0.186. The number of oxime groups is 1. The fourth-order valence-electron chi connectivity index (χ4n) is 2.81. The largest absolute Gasteiger partial charge is 0.494 e. The number of nitrogens with two attached hydrogens (primary N) is 1. The molecular formula is C15H24N4O2. The molecule has 1 aromatic carbocycles. The lowest BCUT2D eigenvalue weighted by atomic mass is 10.1.